The highest BCUT2D eigenvalue weighted by atomic mass is 32.2. The molecule has 0 heterocycles. The van der Waals surface area contributed by atoms with E-state index in [0.29, 0.717) is 11.1 Å². The van der Waals surface area contributed by atoms with E-state index in [4.69, 9.17) is 9.47 Å². The largest absolute Gasteiger partial charge is 0.465 e. The van der Waals surface area contributed by atoms with Crippen molar-refractivity contribution in [2.75, 3.05) is 12.4 Å². The van der Waals surface area contributed by atoms with Crippen LogP contribution >= 0.6 is 11.8 Å². The second kappa shape index (κ2) is 11.0. The Morgan fingerprint density at radius 2 is 1.69 bits per heavy atom. The van der Waals surface area contributed by atoms with Gasteiger partial charge < -0.3 is 9.47 Å². The number of hydrogen-bond acceptors (Lipinski definition) is 8. The third-order valence-corrected chi connectivity index (χ3v) is 4.85. The number of Topliss-reactive ketones (excluding diaryl/α,β-unsaturated/α-hetero) is 1. The number of carbonyl (C=O) groups is 3. The number of ether oxygens (including phenoxy) is 2. The van der Waals surface area contributed by atoms with Crippen molar-refractivity contribution in [2.45, 2.75) is 18.8 Å². The van der Waals surface area contributed by atoms with Gasteiger partial charge in [-0.05, 0) is 17.7 Å². The van der Waals surface area contributed by atoms with E-state index < -0.39 is 27.9 Å². The van der Waals surface area contributed by atoms with E-state index in [0.717, 1.165) is 11.8 Å². The van der Waals surface area contributed by atoms with Crippen LogP contribution in [0.5, 0.6) is 0 Å². The molecule has 2 rings (SSSR count). The number of nitrogens with zero attached hydrogens (tertiary/aromatic N) is 1. The minimum absolute atomic E-state index is 0.0637. The van der Waals surface area contributed by atoms with Crippen LogP contribution < -0.4 is 0 Å². The van der Waals surface area contributed by atoms with E-state index in [1.165, 1.54) is 31.2 Å². The average molecular weight is 417 g/mol. The van der Waals surface area contributed by atoms with Crippen LogP contribution in [0.1, 0.15) is 22.8 Å². The topological polar surface area (TPSA) is 113 Å². The molecule has 1 atom stereocenters. The molecule has 1 unspecified atom stereocenters. The number of ketones is 1. The lowest BCUT2D eigenvalue weighted by molar-refractivity contribution is -0.384. The van der Waals surface area contributed by atoms with Crippen LogP contribution in [0.4, 0.5) is 5.69 Å². The van der Waals surface area contributed by atoms with Crippen LogP contribution in [-0.4, -0.2) is 40.3 Å². The van der Waals surface area contributed by atoms with Crippen molar-refractivity contribution in [3.8, 4) is 0 Å². The molecular formula is C20H19NO7S. The normalized spacial score (nSPS) is 11.3. The van der Waals surface area contributed by atoms with Gasteiger partial charge in [0.2, 0.25) is 0 Å². The third kappa shape index (κ3) is 7.04. The fourth-order valence-corrected chi connectivity index (χ4v) is 3.21. The van der Waals surface area contributed by atoms with Crippen molar-refractivity contribution in [2.24, 2.45) is 0 Å². The first-order chi connectivity index (χ1) is 13.9. The SMILES string of the molecule is CC(=O)OCCSC(C(=O)OCc1ccc([N+](=O)[O-])cc1)C(=O)c1ccccc1. The fourth-order valence-electron chi connectivity index (χ4n) is 2.30. The minimum atomic E-state index is -1.12. The molecular weight excluding hydrogens is 398 g/mol. The standard InChI is InChI=1S/C20H19NO7S/c1-14(22)27-11-12-29-19(18(23)16-5-3-2-4-6-16)20(24)28-13-15-7-9-17(10-8-15)21(25)26/h2-10,19H,11-13H2,1H3. The van der Waals surface area contributed by atoms with Gasteiger partial charge in [-0.25, -0.2) is 0 Å². The summed E-state index contributed by atoms with van der Waals surface area (Å²) in [5.74, 6) is -1.34. The molecule has 8 nitrogen and oxygen atoms in total. The summed E-state index contributed by atoms with van der Waals surface area (Å²) < 4.78 is 10.1. The summed E-state index contributed by atoms with van der Waals surface area (Å²) in [6.45, 7) is 1.21. The third-order valence-electron chi connectivity index (χ3n) is 3.71. The summed E-state index contributed by atoms with van der Waals surface area (Å²) >= 11 is 1.03. The second-order valence-corrected chi connectivity index (χ2v) is 7.07. The number of thioether (sulfide) groups is 1. The van der Waals surface area contributed by atoms with Crippen molar-refractivity contribution in [1.82, 2.24) is 0 Å². The Morgan fingerprint density at radius 1 is 1.03 bits per heavy atom. The van der Waals surface area contributed by atoms with E-state index in [1.807, 2.05) is 0 Å². The predicted molar refractivity (Wildman–Crippen MR) is 107 cm³/mol. The molecule has 0 N–H and O–H groups in total. The first kappa shape index (κ1) is 22.1. The van der Waals surface area contributed by atoms with Crippen molar-refractivity contribution >= 4 is 35.2 Å². The molecule has 0 radical (unpaired) electrons. The monoisotopic (exact) mass is 417 g/mol. The van der Waals surface area contributed by atoms with Gasteiger partial charge in [0.1, 0.15) is 13.2 Å². The molecule has 0 aliphatic rings. The summed E-state index contributed by atoms with van der Waals surface area (Å²) in [7, 11) is 0. The number of nitro groups is 1. The van der Waals surface area contributed by atoms with Crippen molar-refractivity contribution in [1.29, 1.82) is 0 Å². The Hall–Kier alpha value is -3.20. The second-order valence-electron chi connectivity index (χ2n) is 5.85. The first-order valence-corrected chi connectivity index (χ1v) is 9.67. The van der Waals surface area contributed by atoms with Crippen molar-refractivity contribution in [3.63, 3.8) is 0 Å². The molecule has 0 saturated carbocycles. The number of non-ortho nitro benzene ring substituents is 1. The van der Waals surface area contributed by atoms with Gasteiger partial charge in [0.15, 0.2) is 11.0 Å². The number of rotatable bonds is 10. The molecule has 0 spiro atoms. The Morgan fingerprint density at radius 3 is 2.28 bits per heavy atom. The molecule has 29 heavy (non-hydrogen) atoms. The van der Waals surface area contributed by atoms with E-state index in [9.17, 15) is 24.5 Å². The Kier molecular flexibility index (Phi) is 8.35. The van der Waals surface area contributed by atoms with Gasteiger partial charge in [-0.1, -0.05) is 30.3 Å². The van der Waals surface area contributed by atoms with E-state index in [2.05, 4.69) is 0 Å². The van der Waals surface area contributed by atoms with Crippen LogP contribution in [0.2, 0.25) is 0 Å². The molecule has 0 bridgehead atoms. The first-order valence-electron chi connectivity index (χ1n) is 8.62. The molecule has 0 aromatic heterocycles. The highest BCUT2D eigenvalue weighted by Crippen LogP contribution is 2.20. The number of benzene rings is 2. The quantitative estimate of drug-likeness (QED) is 0.145. The number of carbonyl (C=O) groups excluding carboxylic acids is 3. The lowest BCUT2D eigenvalue weighted by Gasteiger charge is -2.15. The van der Waals surface area contributed by atoms with Gasteiger partial charge in [-0.2, -0.15) is 0 Å². The summed E-state index contributed by atoms with van der Waals surface area (Å²) in [6, 6.07) is 13.9. The number of nitro benzene ring substituents is 1. The Labute approximate surface area is 171 Å². The van der Waals surface area contributed by atoms with E-state index >= 15 is 0 Å². The van der Waals surface area contributed by atoms with E-state index in [1.54, 1.807) is 30.3 Å². The van der Waals surface area contributed by atoms with Gasteiger partial charge in [-0.15, -0.1) is 11.8 Å². The smallest absolute Gasteiger partial charge is 0.327 e. The number of hydrogen-bond donors (Lipinski definition) is 0. The molecule has 9 heteroatoms. The molecule has 0 aliphatic carbocycles. The van der Waals surface area contributed by atoms with Crippen LogP contribution in [0.3, 0.4) is 0 Å². The molecule has 152 valence electrons. The average Bonchev–Trinajstić information content (AvgIpc) is 2.72. The minimum Gasteiger partial charge on any atom is -0.465 e. The van der Waals surface area contributed by atoms with Crippen LogP contribution in [0.15, 0.2) is 54.6 Å². The summed E-state index contributed by atoms with van der Waals surface area (Å²) in [6.07, 6.45) is 0. The zero-order valence-corrected chi connectivity index (χ0v) is 16.4. The fraction of sp³-hybridized carbons (Fsp3) is 0.250. The zero-order valence-electron chi connectivity index (χ0n) is 15.6. The summed E-state index contributed by atoms with van der Waals surface area (Å²) in [4.78, 5) is 46.3. The highest BCUT2D eigenvalue weighted by molar-refractivity contribution is 8.01. The van der Waals surface area contributed by atoms with E-state index in [-0.39, 0.29) is 24.7 Å². The molecule has 0 aliphatic heterocycles. The van der Waals surface area contributed by atoms with Crippen molar-refractivity contribution < 1.29 is 28.8 Å². The summed E-state index contributed by atoms with van der Waals surface area (Å²) in [5.41, 5.74) is 0.850. The maximum absolute atomic E-state index is 12.7. The molecule has 0 fully saturated rings. The van der Waals surface area contributed by atoms with Crippen LogP contribution in [-0.2, 0) is 25.7 Å². The molecule has 2 aromatic rings. The van der Waals surface area contributed by atoms with Gasteiger partial charge in [0, 0.05) is 30.4 Å². The molecule has 0 saturated heterocycles. The van der Waals surface area contributed by atoms with Crippen LogP contribution in [0.25, 0.3) is 0 Å². The molecule has 2 aromatic carbocycles. The lowest BCUT2D eigenvalue weighted by atomic mass is 10.1. The van der Waals surface area contributed by atoms with Crippen LogP contribution in [0, 0.1) is 10.1 Å². The van der Waals surface area contributed by atoms with Gasteiger partial charge in [0.25, 0.3) is 5.69 Å². The Balaban J connectivity index is 2.03. The predicted octanol–water partition coefficient (Wildman–Crippen LogP) is 3.19. The highest BCUT2D eigenvalue weighted by Gasteiger charge is 2.29. The lowest BCUT2D eigenvalue weighted by Crippen LogP contribution is -2.30. The van der Waals surface area contributed by atoms with Gasteiger partial charge in [0.05, 0.1) is 4.92 Å². The zero-order chi connectivity index (χ0) is 21.2. The van der Waals surface area contributed by atoms with Gasteiger partial charge >= 0.3 is 11.9 Å². The van der Waals surface area contributed by atoms with Crippen molar-refractivity contribution in [3.05, 3.63) is 75.8 Å². The molecule has 0 amide bonds. The maximum Gasteiger partial charge on any atom is 0.327 e. The summed E-state index contributed by atoms with van der Waals surface area (Å²) in [5, 5.41) is 9.57. The Bertz CT molecular complexity index is 868. The maximum atomic E-state index is 12.7. The number of esters is 2. The van der Waals surface area contributed by atoms with Gasteiger partial charge in [-0.3, -0.25) is 24.5 Å².